The number of rotatable bonds is 3. The molecule has 25 heavy (non-hydrogen) atoms. The largest absolute Gasteiger partial charge is 0.619 e. The topological polar surface area (TPSA) is 72.9 Å². The Bertz CT molecular complexity index is 674. The van der Waals surface area contributed by atoms with Crippen LogP contribution < -0.4 is 0 Å². The van der Waals surface area contributed by atoms with Gasteiger partial charge in [0.1, 0.15) is 0 Å². The number of carbonyl (C=O) groups is 3. The monoisotopic (exact) mass is 357 g/mol. The van der Waals surface area contributed by atoms with Gasteiger partial charge in [-0.1, -0.05) is 23.8 Å². The number of hydrogen-bond donors (Lipinski definition) is 0. The number of aryl methyl sites for hydroxylation is 1. The molecule has 0 saturated carbocycles. The quantitative estimate of drug-likeness (QED) is 0.605. The molecule has 1 aliphatic rings. The number of carbonyl (C=O) groups excluding carboxylic acids is 3. The van der Waals surface area contributed by atoms with Crippen LogP contribution in [0, 0.1) is 6.92 Å². The molecule has 1 fully saturated rings. The number of ketones is 1. The van der Waals surface area contributed by atoms with Gasteiger partial charge in [-0.05, 0) is 20.0 Å². The molecular formula is C15H15BF3NO5. The molecule has 1 aromatic rings. The van der Waals surface area contributed by atoms with Crippen molar-refractivity contribution >= 4 is 24.8 Å². The van der Waals surface area contributed by atoms with Gasteiger partial charge in [0.05, 0.1) is 13.1 Å². The van der Waals surface area contributed by atoms with E-state index in [1.54, 1.807) is 13.0 Å². The number of hydrogen-bond acceptors (Lipinski definition) is 6. The lowest BCUT2D eigenvalue weighted by atomic mass is 9.67. The van der Waals surface area contributed by atoms with Crippen LogP contribution in [0.25, 0.3) is 0 Å². The fourth-order valence-corrected chi connectivity index (χ4v) is 2.39. The molecule has 6 nitrogen and oxygen atoms in total. The average molecular weight is 357 g/mol. The zero-order valence-corrected chi connectivity index (χ0v) is 13.5. The number of halogens is 3. The highest BCUT2D eigenvalue weighted by molar-refractivity contribution is 6.57. The van der Waals surface area contributed by atoms with E-state index in [0.717, 1.165) is 0 Å². The summed E-state index contributed by atoms with van der Waals surface area (Å²) in [6, 6.07) is 5.54. The Kier molecular flexibility index (Phi) is 5.51. The fraction of sp³-hybridized carbons (Fsp3) is 0.400. The van der Waals surface area contributed by atoms with Crippen LogP contribution in [-0.4, -0.2) is 56.1 Å². The van der Waals surface area contributed by atoms with Crippen LogP contribution in [0.1, 0.15) is 15.9 Å². The second kappa shape index (κ2) is 7.26. The third-order valence-electron chi connectivity index (χ3n) is 3.50. The van der Waals surface area contributed by atoms with Crippen LogP contribution >= 0.6 is 0 Å². The summed E-state index contributed by atoms with van der Waals surface area (Å²) in [5.41, 5.74) is 0.369. The molecule has 0 radical (unpaired) electrons. The maximum absolute atomic E-state index is 13.5. The highest BCUT2D eigenvalue weighted by Crippen LogP contribution is 2.37. The van der Waals surface area contributed by atoms with Crippen molar-refractivity contribution in [2.75, 3.05) is 20.1 Å². The van der Waals surface area contributed by atoms with Crippen LogP contribution in [0.4, 0.5) is 13.2 Å². The molecule has 2 rings (SSSR count). The zero-order valence-electron chi connectivity index (χ0n) is 13.5. The molecular weight excluding hydrogens is 342 g/mol. The first kappa shape index (κ1) is 19.0. The fourth-order valence-electron chi connectivity index (χ4n) is 2.39. The van der Waals surface area contributed by atoms with Crippen molar-refractivity contribution in [3.8, 4) is 0 Å². The number of Topliss-reactive ketones (excluding diaryl/α,β-unsaturated/α-hetero) is 1. The molecule has 10 heteroatoms. The molecule has 0 spiro atoms. The van der Waals surface area contributed by atoms with Gasteiger partial charge in [0.25, 0.3) is 0 Å². The second-order valence-corrected chi connectivity index (χ2v) is 5.77. The SMILES string of the molecule is Cc1cccc(C(=O)[C@@H](B2OC(=O)CN(C)CC(=O)O2)C(F)(F)F)c1. The Morgan fingerprint density at radius 3 is 2.24 bits per heavy atom. The minimum atomic E-state index is -5.07. The first-order valence-corrected chi connectivity index (χ1v) is 7.33. The predicted octanol–water partition coefficient (Wildman–Crippen LogP) is 1.63. The van der Waals surface area contributed by atoms with Crippen LogP contribution in [-0.2, 0) is 18.9 Å². The Hall–Kier alpha value is -2.36. The van der Waals surface area contributed by atoms with Crippen molar-refractivity contribution < 1.29 is 36.9 Å². The van der Waals surface area contributed by atoms with Crippen molar-refractivity contribution in [3.63, 3.8) is 0 Å². The Balaban J connectivity index is 2.37. The van der Waals surface area contributed by atoms with Crippen molar-refractivity contribution in [1.82, 2.24) is 4.90 Å². The Labute approximate surface area is 142 Å². The number of alkyl halides is 3. The number of benzene rings is 1. The minimum absolute atomic E-state index is 0.214. The molecule has 0 bridgehead atoms. The van der Waals surface area contributed by atoms with Gasteiger partial charge in [-0.2, -0.15) is 13.2 Å². The zero-order chi connectivity index (χ0) is 18.8. The molecule has 1 saturated heterocycles. The van der Waals surface area contributed by atoms with Crippen molar-refractivity contribution in [3.05, 3.63) is 35.4 Å². The molecule has 1 atom stereocenters. The lowest BCUT2D eigenvalue weighted by Gasteiger charge is -2.27. The van der Waals surface area contributed by atoms with E-state index in [9.17, 15) is 27.6 Å². The minimum Gasteiger partial charge on any atom is -0.498 e. The molecule has 0 N–H and O–H groups in total. The third kappa shape index (κ3) is 4.82. The van der Waals surface area contributed by atoms with Crippen LogP contribution in [0.5, 0.6) is 0 Å². The summed E-state index contributed by atoms with van der Waals surface area (Å²) in [6.45, 7) is 0.828. The van der Waals surface area contributed by atoms with Crippen molar-refractivity contribution in [2.24, 2.45) is 0 Å². The van der Waals surface area contributed by atoms with E-state index >= 15 is 0 Å². The van der Waals surface area contributed by atoms with Gasteiger partial charge in [0.15, 0.2) is 11.6 Å². The molecule has 1 aliphatic heterocycles. The Morgan fingerprint density at radius 2 is 1.76 bits per heavy atom. The molecule has 134 valence electrons. The van der Waals surface area contributed by atoms with E-state index in [0.29, 0.717) is 5.56 Å². The van der Waals surface area contributed by atoms with Gasteiger partial charge in [-0.25, -0.2) is 0 Å². The summed E-state index contributed by atoms with van der Waals surface area (Å²) < 4.78 is 49.7. The second-order valence-electron chi connectivity index (χ2n) is 5.77. The normalized spacial score (nSPS) is 18.0. The van der Waals surface area contributed by atoms with Crippen LogP contribution in [0.15, 0.2) is 24.3 Å². The van der Waals surface area contributed by atoms with Gasteiger partial charge in [0.2, 0.25) is 0 Å². The number of nitrogens with zero attached hydrogens (tertiary/aromatic N) is 1. The lowest BCUT2D eigenvalue weighted by molar-refractivity contribution is -0.150. The maximum atomic E-state index is 13.5. The summed E-state index contributed by atoms with van der Waals surface area (Å²) in [5.74, 6) is -6.18. The molecule has 0 amide bonds. The summed E-state index contributed by atoms with van der Waals surface area (Å²) in [7, 11) is -0.955. The highest BCUT2D eigenvalue weighted by atomic mass is 19.4. The molecule has 0 unspecified atom stereocenters. The smallest absolute Gasteiger partial charge is 0.498 e. The maximum Gasteiger partial charge on any atom is 0.619 e. The van der Waals surface area contributed by atoms with E-state index in [4.69, 9.17) is 0 Å². The van der Waals surface area contributed by atoms with Gasteiger partial charge in [-0.15, -0.1) is 0 Å². The Morgan fingerprint density at radius 1 is 1.20 bits per heavy atom. The highest BCUT2D eigenvalue weighted by Gasteiger charge is 2.58. The molecule has 1 heterocycles. The van der Waals surface area contributed by atoms with Gasteiger partial charge < -0.3 is 9.31 Å². The summed E-state index contributed by atoms with van der Waals surface area (Å²) in [5, 5.41) is 0. The number of likely N-dealkylation sites (N-methyl/N-ethyl adjacent to an activating group) is 1. The molecule has 0 aliphatic carbocycles. The van der Waals surface area contributed by atoms with Crippen molar-refractivity contribution in [2.45, 2.75) is 18.9 Å². The first-order chi connectivity index (χ1) is 11.6. The van der Waals surface area contributed by atoms with Gasteiger partial charge in [-0.3, -0.25) is 19.3 Å². The van der Waals surface area contributed by atoms with Gasteiger partial charge in [0, 0.05) is 5.56 Å². The van der Waals surface area contributed by atoms with E-state index in [2.05, 4.69) is 9.31 Å². The van der Waals surface area contributed by atoms with Gasteiger partial charge >= 0.3 is 25.2 Å². The lowest BCUT2D eigenvalue weighted by Crippen LogP contribution is -2.49. The van der Waals surface area contributed by atoms with E-state index in [1.807, 2.05) is 0 Å². The van der Waals surface area contributed by atoms with E-state index in [1.165, 1.54) is 30.1 Å². The summed E-state index contributed by atoms with van der Waals surface area (Å²) >= 11 is 0. The van der Waals surface area contributed by atoms with Crippen LogP contribution in [0.2, 0.25) is 5.82 Å². The average Bonchev–Trinajstić information content (AvgIpc) is 2.43. The summed E-state index contributed by atoms with van der Waals surface area (Å²) in [6.07, 6.45) is -5.07. The van der Waals surface area contributed by atoms with Crippen molar-refractivity contribution in [1.29, 1.82) is 0 Å². The summed E-state index contributed by atoms with van der Waals surface area (Å²) in [4.78, 5) is 37.0. The standard InChI is InChI=1S/C15H15BF3NO5/c1-9-4-3-5-10(6-9)13(23)14(15(17,18)19)16-24-11(21)7-20(2)8-12(22)25-16/h3-6,14H,7-8H2,1-2H3/t14-/m1/s1. The van der Waals surface area contributed by atoms with E-state index in [-0.39, 0.29) is 5.56 Å². The van der Waals surface area contributed by atoms with Crippen LogP contribution in [0.3, 0.4) is 0 Å². The molecule has 0 aromatic heterocycles. The van der Waals surface area contributed by atoms with E-state index < -0.39 is 49.9 Å². The predicted molar refractivity (Wildman–Crippen MR) is 80.7 cm³/mol. The molecule has 1 aromatic carbocycles. The first-order valence-electron chi connectivity index (χ1n) is 7.33. The third-order valence-corrected chi connectivity index (χ3v) is 3.50.